The van der Waals surface area contributed by atoms with Crippen LogP contribution in [0.2, 0.25) is 0 Å². The van der Waals surface area contributed by atoms with E-state index >= 15 is 0 Å². The van der Waals surface area contributed by atoms with Gasteiger partial charge in [0.05, 0.1) is 0 Å². The molecule has 2 rings (SSSR count). The van der Waals surface area contributed by atoms with E-state index in [4.69, 9.17) is 0 Å². The quantitative estimate of drug-likeness (QED) is 0.476. The van der Waals surface area contributed by atoms with Gasteiger partial charge in [-0.05, 0) is 71.7 Å². The lowest BCUT2D eigenvalue weighted by Gasteiger charge is -2.28. The molecule has 2 N–H and O–H groups in total. The predicted molar refractivity (Wildman–Crippen MR) is 124 cm³/mol. The summed E-state index contributed by atoms with van der Waals surface area (Å²) in [6.07, 6.45) is 1.58. The second-order valence-corrected chi connectivity index (χ2v) is 9.89. The molecule has 0 saturated heterocycles. The Labute approximate surface area is 180 Å². The Bertz CT molecular complexity index is 1010. The maximum Gasteiger partial charge on any atom is 0.266 e. The lowest BCUT2D eigenvalue weighted by atomic mass is 9.78. The van der Waals surface area contributed by atoms with Crippen LogP contribution in [-0.4, -0.2) is 11.0 Å². The maximum atomic E-state index is 12.7. The van der Waals surface area contributed by atoms with Gasteiger partial charge in [0.2, 0.25) is 0 Å². The number of phenols is 1. The van der Waals surface area contributed by atoms with Crippen molar-refractivity contribution in [1.29, 1.82) is 5.26 Å². The predicted octanol–water partition coefficient (Wildman–Crippen LogP) is 6.15. The van der Waals surface area contributed by atoms with Gasteiger partial charge in [-0.25, -0.2) is 0 Å². The molecule has 0 radical (unpaired) electrons. The highest BCUT2D eigenvalue weighted by molar-refractivity contribution is 6.09. The van der Waals surface area contributed by atoms with Gasteiger partial charge >= 0.3 is 0 Å². The van der Waals surface area contributed by atoms with Crippen molar-refractivity contribution in [3.8, 4) is 11.8 Å². The number of benzene rings is 2. The maximum absolute atomic E-state index is 12.7. The molecule has 0 fully saturated rings. The number of anilines is 1. The van der Waals surface area contributed by atoms with Gasteiger partial charge in [-0.2, -0.15) is 5.26 Å². The van der Waals surface area contributed by atoms with E-state index in [2.05, 4.69) is 5.32 Å². The summed E-state index contributed by atoms with van der Waals surface area (Å²) in [5, 5.41) is 23.3. The summed E-state index contributed by atoms with van der Waals surface area (Å²) in [5.41, 5.74) is 4.58. The Morgan fingerprint density at radius 2 is 1.50 bits per heavy atom. The van der Waals surface area contributed by atoms with E-state index in [1.54, 1.807) is 6.08 Å². The van der Waals surface area contributed by atoms with Crippen LogP contribution >= 0.6 is 0 Å². The topological polar surface area (TPSA) is 73.1 Å². The molecular weight excluding hydrogens is 372 g/mol. The largest absolute Gasteiger partial charge is 0.507 e. The van der Waals surface area contributed by atoms with Crippen molar-refractivity contribution in [1.82, 2.24) is 0 Å². The molecule has 0 bridgehead atoms. The summed E-state index contributed by atoms with van der Waals surface area (Å²) in [4.78, 5) is 12.7. The molecule has 0 heterocycles. The first-order valence-corrected chi connectivity index (χ1v) is 10.1. The molecule has 0 aromatic heterocycles. The summed E-state index contributed by atoms with van der Waals surface area (Å²) < 4.78 is 0. The van der Waals surface area contributed by atoms with Crippen molar-refractivity contribution >= 4 is 17.7 Å². The van der Waals surface area contributed by atoms with Gasteiger partial charge in [-0.1, -0.05) is 47.6 Å². The molecule has 1 amide bonds. The zero-order valence-corrected chi connectivity index (χ0v) is 19.3. The highest BCUT2D eigenvalue weighted by atomic mass is 16.3. The van der Waals surface area contributed by atoms with E-state index in [0.29, 0.717) is 5.69 Å². The van der Waals surface area contributed by atoms with Crippen molar-refractivity contribution in [3.05, 3.63) is 63.7 Å². The van der Waals surface area contributed by atoms with Gasteiger partial charge in [0, 0.05) is 16.8 Å². The van der Waals surface area contributed by atoms with Crippen LogP contribution < -0.4 is 5.32 Å². The van der Waals surface area contributed by atoms with E-state index < -0.39 is 5.91 Å². The lowest BCUT2D eigenvalue weighted by Crippen LogP contribution is -2.18. The first kappa shape index (κ1) is 23.2. The number of nitrogens with zero attached hydrogens (tertiary/aromatic N) is 1. The van der Waals surface area contributed by atoms with Crippen molar-refractivity contribution in [2.24, 2.45) is 0 Å². The monoisotopic (exact) mass is 404 g/mol. The van der Waals surface area contributed by atoms with E-state index in [0.717, 1.165) is 27.8 Å². The first-order valence-electron chi connectivity index (χ1n) is 10.1. The number of carbonyl (C=O) groups is 1. The molecule has 0 aliphatic carbocycles. The minimum absolute atomic E-state index is 0.0126. The fraction of sp³-hybridized carbons (Fsp3) is 0.385. The molecule has 0 unspecified atom stereocenters. The molecule has 30 heavy (non-hydrogen) atoms. The highest BCUT2D eigenvalue weighted by Crippen LogP contribution is 2.40. The van der Waals surface area contributed by atoms with Crippen LogP contribution in [0.25, 0.3) is 6.08 Å². The zero-order chi connectivity index (χ0) is 22.9. The summed E-state index contributed by atoms with van der Waals surface area (Å²) in [7, 11) is 0. The minimum atomic E-state index is -0.455. The molecular formula is C26H32N2O2. The van der Waals surface area contributed by atoms with E-state index in [-0.39, 0.29) is 22.2 Å². The molecule has 0 aliphatic rings. The molecule has 4 heteroatoms. The Hall–Kier alpha value is -3.06. The second kappa shape index (κ2) is 8.36. The van der Waals surface area contributed by atoms with E-state index in [1.165, 1.54) is 0 Å². The number of nitriles is 1. The zero-order valence-electron chi connectivity index (χ0n) is 19.3. The molecule has 2 aromatic rings. The van der Waals surface area contributed by atoms with Gasteiger partial charge in [0.15, 0.2) is 0 Å². The van der Waals surface area contributed by atoms with E-state index in [1.807, 2.05) is 91.8 Å². The van der Waals surface area contributed by atoms with Crippen LogP contribution in [0.5, 0.6) is 5.75 Å². The van der Waals surface area contributed by atoms with Crippen molar-refractivity contribution < 1.29 is 9.90 Å². The summed E-state index contributed by atoms with van der Waals surface area (Å²) >= 11 is 0. The van der Waals surface area contributed by atoms with E-state index in [9.17, 15) is 15.2 Å². The van der Waals surface area contributed by atoms with Crippen molar-refractivity contribution in [2.75, 3.05) is 5.32 Å². The lowest BCUT2D eigenvalue weighted by molar-refractivity contribution is -0.112. The average Bonchev–Trinajstić information content (AvgIpc) is 2.61. The van der Waals surface area contributed by atoms with Gasteiger partial charge in [0.25, 0.3) is 5.91 Å². The Balaban J connectivity index is 2.51. The number of hydrogen-bond acceptors (Lipinski definition) is 3. The number of amides is 1. The number of phenolic OH excluding ortho intramolecular Hbond substituents is 1. The summed E-state index contributed by atoms with van der Waals surface area (Å²) in [5.74, 6) is -0.186. The normalized spacial score (nSPS) is 12.4. The molecule has 0 saturated carbocycles. The second-order valence-electron chi connectivity index (χ2n) is 9.89. The third-order valence-electron chi connectivity index (χ3n) is 5.19. The number of hydrogen-bond donors (Lipinski definition) is 2. The fourth-order valence-corrected chi connectivity index (χ4v) is 3.22. The smallest absolute Gasteiger partial charge is 0.266 e. The van der Waals surface area contributed by atoms with Crippen LogP contribution in [0.3, 0.4) is 0 Å². The van der Waals surface area contributed by atoms with Crippen molar-refractivity contribution in [3.63, 3.8) is 0 Å². The number of aryl methyl sites for hydroxylation is 2. The molecule has 0 spiro atoms. The molecule has 158 valence electrons. The Morgan fingerprint density at radius 3 is 1.93 bits per heavy atom. The van der Waals surface area contributed by atoms with Gasteiger partial charge in [-0.3, -0.25) is 4.79 Å². The molecule has 4 nitrogen and oxygen atoms in total. The van der Waals surface area contributed by atoms with Crippen LogP contribution in [0.4, 0.5) is 5.69 Å². The summed E-state index contributed by atoms with van der Waals surface area (Å²) in [6.45, 7) is 16.1. The third kappa shape index (κ3) is 5.30. The molecule has 2 aromatic carbocycles. The van der Waals surface area contributed by atoms with Crippen LogP contribution in [0, 0.1) is 25.2 Å². The third-order valence-corrected chi connectivity index (χ3v) is 5.19. The Morgan fingerprint density at radius 1 is 0.967 bits per heavy atom. The number of carbonyl (C=O) groups excluding carboxylic acids is 1. The molecule has 0 aliphatic heterocycles. The Kier molecular flexibility index (Phi) is 6.47. The SMILES string of the molecule is Cc1ccc(NC(=O)C(C#N)=Cc2cc(C(C)(C)C)c(O)c(C(C)(C)C)c2)cc1C. The standard InChI is InChI=1S/C26H32N2O2/c1-16-9-10-20(11-17(16)2)28-24(30)19(15-27)12-18-13-21(25(3,4)5)23(29)22(14-18)26(6,7)8/h9-14,29H,1-8H3,(H,28,30). The van der Waals surface area contributed by atoms with Crippen molar-refractivity contribution in [2.45, 2.75) is 66.2 Å². The van der Waals surface area contributed by atoms with Gasteiger partial charge in [0.1, 0.15) is 17.4 Å². The fourth-order valence-electron chi connectivity index (χ4n) is 3.22. The number of nitrogens with one attached hydrogen (secondary N) is 1. The average molecular weight is 405 g/mol. The molecule has 0 atom stereocenters. The number of rotatable bonds is 3. The van der Waals surface area contributed by atoms with Crippen LogP contribution in [0.15, 0.2) is 35.9 Å². The number of aromatic hydroxyl groups is 1. The first-order chi connectivity index (χ1) is 13.7. The van der Waals surface area contributed by atoms with Crippen LogP contribution in [0.1, 0.15) is 69.4 Å². The highest BCUT2D eigenvalue weighted by Gasteiger charge is 2.26. The summed E-state index contributed by atoms with van der Waals surface area (Å²) in [6, 6.07) is 11.4. The van der Waals surface area contributed by atoms with Gasteiger partial charge < -0.3 is 10.4 Å². The van der Waals surface area contributed by atoms with Crippen LogP contribution in [-0.2, 0) is 15.6 Å². The minimum Gasteiger partial charge on any atom is -0.507 e. The van der Waals surface area contributed by atoms with Gasteiger partial charge in [-0.15, -0.1) is 0 Å².